The third kappa shape index (κ3) is 4.12. The van der Waals surface area contributed by atoms with Gasteiger partial charge >= 0.3 is 0 Å². The van der Waals surface area contributed by atoms with Crippen molar-refractivity contribution in [2.45, 2.75) is 39.9 Å². The zero-order valence-corrected chi connectivity index (χ0v) is 14.8. The number of hydrogen-bond donors (Lipinski definition) is 1. The molecule has 0 amide bonds. The van der Waals surface area contributed by atoms with Crippen molar-refractivity contribution in [3.8, 4) is 0 Å². The molecular formula is C20H23FN4. The summed E-state index contributed by atoms with van der Waals surface area (Å²) < 4.78 is 15.4. The molecule has 0 unspecified atom stereocenters. The van der Waals surface area contributed by atoms with Crippen LogP contribution in [-0.4, -0.2) is 14.8 Å². The van der Waals surface area contributed by atoms with Gasteiger partial charge in [0.05, 0.1) is 18.4 Å². The number of nitrogens with zero attached hydrogens (tertiary/aromatic N) is 3. The summed E-state index contributed by atoms with van der Waals surface area (Å²) in [5, 5.41) is 8.12. The number of aryl methyl sites for hydroxylation is 1. The van der Waals surface area contributed by atoms with E-state index in [0.29, 0.717) is 6.54 Å². The summed E-state index contributed by atoms with van der Waals surface area (Å²) in [6.07, 6.45) is 2.91. The second-order valence-corrected chi connectivity index (χ2v) is 6.33. The molecule has 0 spiro atoms. The van der Waals surface area contributed by atoms with Gasteiger partial charge in [-0.25, -0.2) is 4.39 Å². The molecule has 0 aliphatic heterocycles. The van der Waals surface area contributed by atoms with Crippen LogP contribution in [0.1, 0.15) is 41.0 Å². The Hall–Kier alpha value is -2.53. The van der Waals surface area contributed by atoms with Crippen LogP contribution in [0.3, 0.4) is 0 Å². The number of halogens is 1. The number of aromatic nitrogens is 3. The van der Waals surface area contributed by atoms with E-state index in [1.165, 1.54) is 23.4 Å². The van der Waals surface area contributed by atoms with E-state index in [2.05, 4.69) is 34.5 Å². The van der Waals surface area contributed by atoms with Gasteiger partial charge in [0.25, 0.3) is 0 Å². The van der Waals surface area contributed by atoms with Gasteiger partial charge in [-0.05, 0) is 38.0 Å². The number of nitrogens with one attached hydrogen (secondary N) is 1. The molecule has 130 valence electrons. The molecule has 0 bridgehead atoms. The highest BCUT2D eigenvalue weighted by atomic mass is 19.1. The summed E-state index contributed by atoms with van der Waals surface area (Å²) >= 11 is 0. The van der Waals surface area contributed by atoms with Crippen LogP contribution < -0.4 is 5.32 Å². The Kier molecular flexibility index (Phi) is 5.24. The molecule has 0 fully saturated rings. The fourth-order valence-corrected chi connectivity index (χ4v) is 2.94. The van der Waals surface area contributed by atoms with Gasteiger partial charge in [-0.3, -0.25) is 9.67 Å². The molecule has 0 saturated carbocycles. The topological polar surface area (TPSA) is 42.7 Å². The van der Waals surface area contributed by atoms with Gasteiger partial charge in [0.1, 0.15) is 5.82 Å². The minimum atomic E-state index is -0.311. The van der Waals surface area contributed by atoms with Gasteiger partial charge in [-0.1, -0.05) is 30.3 Å². The second-order valence-electron chi connectivity index (χ2n) is 6.33. The Morgan fingerprint density at radius 2 is 1.92 bits per heavy atom. The van der Waals surface area contributed by atoms with E-state index in [1.54, 1.807) is 6.20 Å². The lowest BCUT2D eigenvalue weighted by atomic mass is 10.1. The lowest BCUT2D eigenvalue weighted by Crippen LogP contribution is -2.19. The van der Waals surface area contributed by atoms with E-state index < -0.39 is 0 Å². The molecule has 0 radical (unpaired) electrons. The number of benzene rings is 1. The average Bonchev–Trinajstić information content (AvgIpc) is 2.87. The van der Waals surface area contributed by atoms with Gasteiger partial charge in [-0.2, -0.15) is 5.10 Å². The molecule has 3 rings (SSSR count). The highest BCUT2D eigenvalue weighted by Gasteiger charge is 2.13. The number of pyridine rings is 1. The van der Waals surface area contributed by atoms with Crippen LogP contribution in [0.2, 0.25) is 0 Å². The van der Waals surface area contributed by atoms with Gasteiger partial charge < -0.3 is 5.32 Å². The van der Waals surface area contributed by atoms with Crippen LogP contribution in [-0.2, 0) is 13.1 Å². The van der Waals surface area contributed by atoms with Crippen molar-refractivity contribution in [1.29, 1.82) is 0 Å². The lowest BCUT2D eigenvalue weighted by molar-refractivity contribution is 0.558. The first-order valence-electron chi connectivity index (χ1n) is 8.45. The van der Waals surface area contributed by atoms with Gasteiger partial charge in [0, 0.05) is 30.0 Å². The van der Waals surface area contributed by atoms with Crippen LogP contribution >= 0.6 is 0 Å². The molecule has 1 atom stereocenters. The fraction of sp³-hybridized carbons (Fsp3) is 0.300. The number of rotatable bonds is 6. The molecule has 1 aromatic carbocycles. The zero-order valence-electron chi connectivity index (χ0n) is 14.8. The van der Waals surface area contributed by atoms with E-state index >= 15 is 0 Å². The summed E-state index contributed by atoms with van der Waals surface area (Å²) in [4.78, 5) is 3.91. The van der Waals surface area contributed by atoms with E-state index in [9.17, 15) is 4.39 Å². The maximum atomic E-state index is 13.3. The van der Waals surface area contributed by atoms with Crippen molar-refractivity contribution in [1.82, 2.24) is 20.1 Å². The van der Waals surface area contributed by atoms with Crippen molar-refractivity contribution in [3.05, 3.63) is 82.7 Å². The molecule has 25 heavy (non-hydrogen) atoms. The molecule has 1 N–H and O–H groups in total. The summed E-state index contributed by atoms with van der Waals surface area (Å²) in [6.45, 7) is 7.57. The minimum absolute atomic E-state index is 0.0134. The summed E-state index contributed by atoms with van der Waals surface area (Å²) in [6, 6.07) is 11.8. The number of hydrogen-bond acceptors (Lipinski definition) is 3. The molecule has 2 heterocycles. The normalized spacial score (nSPS) is 12.3. The average molecular weight is 338 g/mol. The van der Waals surface area contributed by atoms with Crippen LogP contribution in [0.15, 0.2) is 48.8 Å². The quantitative estimate of drug-likeness (QED) is 0.740. The smallest absolute Gasteiger partial charge is 0.141 e. The molecule has 4 nitrogen and oxygen atoms in total. The summed E-state index contributed by atoms with van der Waals surface area (Å²) in [5.41, 5.74) is 5.43. The Morgan fingerprint density at radius 1 is 1.16 bits per heavy atom. The van der Waals surface area contributed by atoms with Crippen molar-refractivity contribution in [2.24, 2.45) is 0 Å². The molecular weight excluding hydrogens is 315 g/mol. The van der Waals surface area contributed by atoms with Gasteiger partial charge in [0.15, 0.2) is 0 Å². The van der Waals surface area contributed by atoms with Crippen LogP contribution in [0, 0.1) is 19.7 Å². The van der Waals surface area contributed by atoms with E-state index in [-0.39, 0.29) is 11.9 Å². The Balaban J connectivity index is 1.70. The first kappa shape index (κ1) is 17.3. The Labute approximate surface area is 147 Å². The monoisotopic (exact) mass is 338 g/mol. The van der Waals surface area contributed by atoms with Gasteiger partial charge in [0.2, 0.25) is 0 Å². The molecule has 0 aliphatic rings. The first-order chi connectivity index (χ1) is 12.0. The van der Waals surface area contributed by atoms with Crippen LogP contribution in [0.25, 0.3) is 0 Å². The Morgan fingerprint density at radius 3 is 2.64 bits per heavy atom. The maximum Gasteiger partial charge on any atom is 0.141 e. The van der Waals surface area contributed by atoms with Crippen molar-refractivity contribution in [2.75, 3.05) is 0 Å². The highest BCUT2D eigenvalue weighted by Crippen LogP contribution is 2.17. The predicted molar refractivity (Wildman–Crippen MR) is 96.7 cm³/mol. The SMILES string of the molecule is Cc1nn(Cc2ccccc2)c(C)c1CN[C@H](C)c1cncc(F)c1. The Bertz CT molecular complexity index is 842. The maximum absolute atomic E-state index is 13.3. The molecule has 5 heteroatoms. The highest BCUT2D eigenvalue weighted by molar-refractivity contribution is 5.26. The summed E-state index contributed by atoms with van der Waals surface area (Å²) in [7, 11) is 0. The fourth-order valence-electron chi connectivity index (χ4n) is 2.94. The zero-order chi connectivity index (χ0) is 17.8. The standard InChI is InChI=1S/C20H23FN4/c1-14(18-9-19(21)11-22-10-18)23-12-20-15(2)24-25(16(20)3)13-17-7-5-4-6-8-17/h4-11,14,23H,12-13H2,1-3H3/t14-/m1/s1. The van der Waals surface area contributed by atoms with E-state index in [0.717, 1.165) is 23.5 Å². The third-order valence-corrected chi connectivity index (χ3v) is 4.52. The van der Waals surface area contributed by atoms with Crippen LogP contribution in [0.5, 0.6) is 0 Å². The van der Waals surface area contributed by atoms with Gasteiger partial charge in [-0.15, -0.1) is 0 Å². The van der Waals surface area contributed by atoms with Crippen molar-refractivity contribution in [3.63, 3.8) is 0 Å². The molecule has 2 aromatic heterocycles. The minimum Gasteiger partial charge on any atom is -0.306 e. The molecule has 0 saturated heterocycles. The first-order valence-corrected chi connectivity index (χ1v) is 8.45. The van der Waals surface area contributed by atoms with Crippen molar-refractivity contribution < 1.29 is 4.39 Å². The van der Waals surface area contributed by atoms with E-state index in [1.807, 2.05) is 36.7 Å². The lowest BCUT2D eigenvalue weighted by Gasteiger charge is -2.14. The third-order valence-electron chi connectivity index (χ3n) is 4.52. The van der Waals surface area contributed by atoms with E-state index in [4.69, 9.17) is 0 Å². The van der Waals surface area contributed by atoms with Crippen LogP contribution in [0.4, 0.5) is 4.39 Å². The largest absolute Gasteiger partial charge is 0.306 e. The molecule has 0 aliphatic carbocycles. The van der Waals surface area contributed by atoms with Crippen molar-refractivity contribution >= 4 is 0 Å². The second kappa shape index (κ2) is 7.57. The summed E-state index contributed by atoms with van der Waals surface area (Å²) in [5.74, 6) is -0.311. The predicted octanol–water partition coefficient (Wildman–Crippen LogP) is 3.93. The molecule has 3 aromatic rings.